The second-order valence-corrected chi connectivity index (χ2v) is 5.06. The van der Waals surface area contributed by atoms with Crippen molar-refractivity contribution in [1.82, 2.24) is 5.32 Å². The number of unbranched alkanes of at least 4 members (excludes halogenated alkanes) is 1. The first-order valence-corrected chi connectivity index (χ1v) is 6.30. The molecule has 0 radical (unpaired) electrons. The minimum atomic E-state index is 0.144. The average molecular weight is 230 g/mol. The van der Waals surface area contributed by atoms with Crippen LogP contribution < -0.4 is 5.32 Å². The summed E-state index contributed by atoms with van der Waals surface area (Å²) in [4.78, 5) is 0. The molecule has 0 atom stereocenters. The van der Waals surface area contributed by atoms with Gasteiger partial charge in [0.05, 0.1) is 6.07 Å². The molecule has 0 aliphatic rings. The van der Waals surface area contributed by atoms with E-state index in [0.717, 1.165) is 25.8 Å². The van der Waals surface area contributed by atoms with Gasteiger partial charge < -0.3 is 5.32 Å². The van der Waals surface area contributed by atoms with E-state index >= 15 is 0 Å². The van der Waals surface area contributed by atoms with E-state index in [2.05, 4.69) is 55.6 Å². The third-order valence-corrected chi connectivity index (χ3v) is 2.95. The molecule has 0 saturated heterocycles. The summed E-state index contributed by atoms with van der Waals surface area (Å²) >= 11 is 0. The predicted molar refractivity (Wildman–Crippen MR) is 71.7 cm³/mol. The maximum atomic E-state index is 8.47. The summed E-state index contributed by atoms with van der Waals surface area (Å²) in [7, 11) is 0. The molecule has 1 aromatic rings. The molecule has 0 fully saturated rings. The molecule has 0 spiro atoms. The zero-order valence-corrected chi connectivity index (χ0v) is 10.9. The molecule has 0 aliphatic carbocycles. The molecule has 2 nitrogen and oxygen atoms in total. The van der Waals surface area contributed by atoms with Gasteiger partial charge in [0.25, 0.3) is 0 Å². The Morgan fingerprint density at radius 1 is 1.24 bits per heavy atom. The summed E-state index contributed by atoms with van der Waals surface area (Å²) in [6.45, 7) is 5.37. The lowest BCUT2D eigenvalue weighted by Gasteiger charge is -2.26. The number of nitrogens with zero attached hydrogens (tertiary/aromatic N) is 1. The summed E-state index contributed by atoms with van der Waals surface area (Å²) in [6, 6.07) is 12.7. The highest BCUT2D eigenvalue weighted by Gasteiger charge is 2.15. The van der Waals surface area contributed by atoms with Crippen LogP contribution in [-0.4, -0.2) is 12.1 Å². The van der Waals surface area contributed by atoms with Gasteiger partial charge in [-0.2, -0.15) is 5.26 Å². The maximum absolute atomic E-state index is 8.47. The minimum absolute atomic E-state index is 0.144. The Kier molecular flexibility index (Phi) is 5.72. The first-order valence-electron chi connectivity index (χ1n) is 6.30. The van der Waals surface area contributed by atoms with E-state index in [4.69, 9.17) is 5.26 Å². The third-order valence-electron chi connectivity index (χ3n) is 2.95. The van der Waals surface area contributed by atoms with Gasteiger partial charge in [-0.05, 0) is 45.2 Å². The van der Waals surface area contributed by atoms with Crippen molar-refractivity contribution in [3.8, 4) is 6.07 Å². The molecule has 0 unspecified atom stereocenters. The summed E-state index contributed by atoms with van der Waals surface area (Å²) in [5.41, 5.74) is 1.53. The number of nitrogens with one attached hydrogen (secondary N) is 1. The van der Waals surface area contributed by atoms with Crippen LogP contribution in [0.2, 0.25) is 0 Å². The lowest BCUT2D eigenvalue weighted by molar-refractivity contribution is 0.361. The predicted octanol–water partition coefficient (Wildman–Crippen LogP) is 3.29. The molecule has 0 aromatic heterocycles. The largest absolute Gasteiger partial charge is 0.312 e. The minimum Gasteiger partial charge on any atom is -0.312 e. The van der Waals surface area contributed by atoms with Gasteiger partial charge in [-0.3, -0.25) is 0 Å². The van der Waals surface area contributed by atoms with Crippen LogP contribution in [0.5, 0.6) is 0 Å². The van der Waals surface area contributed by atoms with Crippen molar-refractivity contribution in [2.75, 3.05) is 6.54 Å². The van der Waals surface area contributed by atoms with Crippen molar-refractivity contribution < 1.29 is 0 Å². The maximum Gasteiger partial charge on any atom is 0.0622 e. The molecule has 0 saturated carbocycles. The average Bonchev–Trinajstić information content (AvgIpc) is 2.34. The Morgan fingerprint density at radius 3 is 2.59 bits per heavy atom. The second-order valence-electron chi connectivity index (χ2n) is 5.06. The van der Waals surface area contributed by atoms with Crippen molar-refractivity contribution in [3.05, 3.63) is 35.9 Å². The first kappa shape index (κ1) is 13.7. The monoisotopic (exact) mass is 230 g/mol. The summed E-state index contributed by atoms with van der Waals surface area (Å²) in [5, 5.41) is 12.0. The highest BCUT2D eigenvalue weighted by Crippen LogP contribution is 2.13. The number of hydrogen-bond acceptors (Lipinski definition) is 2. The van der Waals surface area contributed by atoms with Crippen LogP contribution in [-0.2, 0) is 6.42 Å². The van der Waals surface area contributed by atoms with E-state index in [-0.39, 0.29) is 5.54 Å². The van der Waals surface area contributed by atoms with E-state index in [0.29, 0.717) is 6.42 Å². The van der Waals surface area contributed by atoms with Crippen molar-refractivity contribution in [3.63, 3.8) is 0 Å². The van der Waals surface area contributed by atoms with E-state index in [1.807, 2.05) is 0 Å². The van der Waals surface area contributed by atoms with Crippen LogP contribution in [0.1, 0.15) is 38.7 Å². The van der Waals surface area contributed by atoms with Crippen molar-refractivity contribution in [2.24, 2.45) is 0 Å². The smallest absolute Gasteiger partial charge is 0.0622 e. The number of rotatable bonds is 7. The molecule has 17 heavy (non-hydrogen) atoms. The quantitative estimate of drug-likeness (QED) is 0.730. The van der Waals surface area contributed by atoms with Gasteiger partial charge in [0, 0.05) is 12.0 Å². The third kappa shape index (κ3) is 6.09. The molecule has 0 heterocycles. The van der Waals surface area contributed by atoms with Crippen molar-refractivity contribution in [2.45, 2.75) is 45.1 Å². The molecule has 2 heteroatoms. The van der Waals surface area contributed by atoms with E-state index in [1.165, 1.54) is 5.56 Å². The van der Waals surface area contributed by atoms with Gasteiger partial charge in [-0.15, -0.1) is 0 Å². The van der Waals surface area contributed by atoms with Crippen LogP contribution >= 0.6 is 0 Å². The molecule has 0 aliphatic heterocycles. The standard InChI is InChI=1S/C15H22N2/c1-15(2,17-13-7-6-12-16)11-10-14-8-4-3-5-9-14/h3-5,8-9,17H,6-7,10-11,13H2,1-2H3. The Bertz CT molecular complexity index is 349. The number of aryl methyl sites for hydroxylation is 1. The number of nitriles is 1. The lowest BCUT2D eigenvalue weighted by Crippen LogP contribution is -2.40. The van der Waals surface area contributed by atoms with Crippen molar-refractivity contribution in [1.29, 1.82) is 5.26 Å². The molecule has 1 rings (SSSR count). The molecule has 1 aromatic carbocycles. The number of benzene rings is 1. The summed E-state index contributed by atoms with van der Waals surface area (Å²) < 4.78 is 0. The topological polar surface area (TPSA) is 35.8 Å². The Morgan fingerprint density at radius 2 is 1.94 bits per heavy atom. The highest BCUT2D eigenvalue weighted by atomic mass is 14.9. The molecular formula is C15H22N2. The van der Waals surface area contributed by atoms with E-state index in [9.17, 15) is 0 Å². The highest BCUT2D eigenvalue weighted by molar-refractivity contribution is 5.15. The van der Waals surface area contributed by atoms with Crippen LogP contribution in [0.15, 0.2) is 30.3 Å². The van der Waals surface area contributed by atoms with Gasteiger partial charge in [0.1, 0.15) is 0 Å². The molecule has 92 valence electrons. The summed E-state index contributed by atoms with van der Waals surface area (Å²) in [6.07, 6.45) is 3.79. The normalized spacial score (nSPS) is 11.1. The number of hydrogen-bond donors (Lipinski definition) is 1. The molecule has 1 N–H and O–H groups in total. The van der Waals surface area contributed by atoms with Gasteiger partial charge in [0.2, 0.25) is 0 Å². The van der Waals surface area contributed by atoms with Crippen LogP contribution in [0, 0.1) is 11.3 Å². The Balaban J connectivity index is 2.27. The van der Waals surface area contributed by atoms with Crippen LogP contribution in [0.4, 0.5) is 0 Å². The molecule has 0 bridgehead atoms. The van der Waals surface area contributed by atoms with Gasteiger partial charge in [0.15, 0.2) is 0 Å². The van der Waals surface area contributed by atoms with Gasteiger partial charge in [-0.25, -0.2) is 0 Å². The Labute approximate surface area is 105 Å². The van der Waals surface area contributed by atoms with Gasteiger partial charge in [-0.1, -0.05) is 30.3 Å². The van der Waals surface area contributed by atoms with Crippen LogP contribution in [0.3, 0.4) is 0 Å². The van der Waals surface area contributed by atoms with Crippen LogP contribution in [0.25, 0.3) is 0 Å². The zero-order valence-electron chi connectivity index (χ0n) is 10.9. The van der Waals surface area contributed by atoms with Crippen molar-refractivity contribution >= 4 is 0 Å². The fourth-order valence-corrected chi connectivity index (χ4v) is 1.78. The fraction of sp³-hybridized carbons (Fsp3) is 0.533. The first-order chi connectivity index (χ1) is 8.14. The molecular weight excluding hydrogens is 208 g/mol. The fourth-order valence-electron chi connectivity index (χ4n) is 1.78. The molecule has 0 amide bonds. The van der Waals surface area contributed by atoms with E-state index in [1.54, 1.807) is 0 Å². The second kappa shape index (κ2) is 7.09. The van der Waals surface area contributed by atoms with Gasteiger partial charge >= 0.3 is 0 Å². The lowest BCUT2D eigenvalue weighted by atomic mass is 9.95. The summed E-state index contributed by atoms with van der Waals surface area (Å²) in [5.74, 6) is 0. The zero-order chi connectivity index (χ0) is 12.6. The van der Waals surface area contributed by atoms with E-state index < -0.39 is 0 Å². The Hall–Kier alpha value is -1.33. The SMILES string of the molecule is CC(C)(CCc1ccccc1)NCCCC#N.